The smallest absolute Gasteiger partial charge is 0.329 e. The van der Waals surface area contributed by atoms with Gasteiger partial charge in [-0.25, -0.2) is 9.69 Å². The summed E-state index contributed by atoms with van der Waals surface area (Å²) in [4.78, 5) is 47.5. The third-order valence-electron chi connectivity index (χ3n) is 3.81. The highest BCUT2D eigenvalue weighted by atomic mass is 16.6. The molecule has 0 radical (unpaired) electrons. The molecule has 0 aliphatic carbocycles. The highest BCUT2D eigenvalue weighted by Crippen LogP contribution is 2.19. The molecular weight excluding hydrogens is 368 g/mol. The summed E-state index contributed by atoms with van der Waals surface area (Å²) in [6.07, 6.45) is 1.30. The maximum atomic E-state index is 12.4. The van der Waals surface area contributed by atoms with Gasteiger partial charge in [-0.3, -0.25) is 19.7 Å². The number of imide groups is 1. The molecule has 1 aliphatic rings. The maximum Gasteiger partial charge on any atom is 0.329 e. The summed E-state index contributed by atoms with van der Waals surface area (Å²) < 4.78 is 0. The molecule has 0 bridgehead atoms. The second-order valence-electron chi connectivity index (χ2n) is 5.83. The van der Waals surface area contributed by atoms with Crippen LogP contribution >= 0.6 is 0 Å². The van der Waals surface area contributed by atoms with Crippen molar-refractivity contribution >= 4 is 35.3 Å². The number of non-ortho nitro benzene ring substituents is 1. The first-order chi connectivity index (χ1) is 13.3. The molecular formula is C18H14N4O6. The van der Waals surface area contributed by atoms with E-state index in [1.807, 2.05) is 0 Å². The Morgan fingerprint density at radius 2 is 1.93 bits per heavy atom. The number of amides is 4. The second kappa shape index (κ2) is 7.58. The Morgan fingerprint density at radius 1 is 1.21 bits per heavy atom. The highest BCUT2D eigenvalue weighted by Gasteiger charge is 2.34. The fourth-order valence-electron chi connectivity index (χ4n) is 2.50. The number of nitrogens with one attached hydrogen (secondary N) is 2. The number of hydrogen-bond acceptors (Lipinski definition) is 6. The van der Waals surface area contributed by atoms with Gasteiger partial charge in [-0.2, -0.15) is 0 Å². The monoisotopic (exact) mass is 382 g/mol. The van der Waals surface area contributed by atoms with Crippen LogP contribution in [0.4, 0.5) is 16.2 Å². The van der Waals surface area contributed by atoms with E-state index in [4.69, 9.17) is 0 Å². The number of benzene rings is 2. The van der Waals surface area contributed by atoms with Crippen LogP contribution in [0.2, 0.25) is 0 Å². The predicted octanol–water partition coefficient (Wildman–Crippen LogP) is 1.83. The van der Waals surface area contributed by atoms with Crippen molar-refractivity contribution in [2.24, 2.45) is 0 Å². The van der Waals surface area contributed by atoms with E-state index >= 15 is 0 Å². The van der Waals surface area contributed by atoms with Crippen LogP contribution in [0.5, 0.6) is 5.75 Å². The number of aromatic hydroxyl groups is 1. The minimum atomic E-state index is -0.775. The summed E-state index contributed by atoms with van der Waals surface area (Å²) in [5, 5.41) is 24.9. The number of nitro groups is 1. The minimum Gasteiger partial charge on any atom is -0.508 e. The normalized spacial score (nSPS) is 14.9. The number of urea groups is 1. The quantitative estimate of drug-likeness (QED) is 0.237. The first kappa shape index (κ1) is 18.6. The molecule has 142 valence electrons. The molecule has 3 N–H and O–H groups in total. The Hall–Kier alpha value is -4.21. The fraction of sp³-hybridized carbons (Fsp3) is 0.0556. The zero-order chi connectivity index (χ0) is 20.3. The highest BCUT2D eigenvalue weighted by molar-refractivity contribution is 6.15. The maximum absolute atomic E-state index is 12.4. The molecule has 10 heteroatoms. The van der Waals surface area contributed by atoms with E-state index < -0.39 is 29.3 Å². The van der Waals surface area contributed by atoms with Crippen molar-refractivity contribution in [1.82, 2.24) is 10.2 Å². The van der Waals surface area contributed by atoms with Crippen molar-refractivity contribution < 1.29 is 24.4 Å². The van der Waals surface area contributed by atoms with Gasteiger partial charge in [0.1, 0.15) is 18.0 Å². The molecule has 10 nitrogen and oxygen atoms in total. The number of hydrogen-bond donors (Lipinski definition) is 3. The van der Waals surface area contributed by atoms with Crippen molar-refractivity contribution in [2.45, 2.75) is 0 Å². The molecule has 1 saturated heterocycles. The van der Waals surface area contributed by atoms with E-state index in [9.17, 15) is 29.6 Å². The lowest BCUT2D eigenvalue weighted by Gasteiger charge is -2.12. The SMILES string of the molecule is O=C(CN1C(=O)N/C(=C\c2cccc([N+](=O)[O-])c2)C1=O)Nc1ccc(O)cc1. The van der Waals surface area contributed by atoms with Crippen LogP contribution in [0.15, 0.2) is 54.2 Å². The average molecular weight is 382 g/mol. The fourth-order valence-corrected chi connectivity index (χ4v) is 2.50. The van der Waals surface area contributed by atoms with E-state index in [-0.39, 0.29) is 17.1 Å². The Labute approximate surface area is 158 Å². The van der Waals surface area contributed by atoms with Crippen molar-refractivity contribution in [1.29, 1.82) is 0 Å². The third-order valence-corrected chi connectivity index (χ3v) is 3.81. The van der Waals surface area contributed by atoms with Crippen molar-refractivity contribution in [3.8, 4) is 5.75 Å². The molecule has 28 heavy (non-hydrogen) atoms. The van der Waals surface area contributed by atoms with E-state index in [0.29, 0.717) is 11.3 Å². The van der Waals surface area contributed by atoms with Gasteiger partial charge in [-0.1, -0.05) is 12.1 Å². The van der Waals surface area contributed by atoms with Crippen LogP contribution in [0.3, 0.4) is 0 Å². The number of nitro benzene ring substituents is 1. The lowest BCUT2D eigenvalue weighted by atomic mass is 10.1. The lowest BCUT2D eigenvalue weighted by Crippen LogP contribution is -2.38. The van der Waals surface area contributed by atoms with Crippen LogP contribution in [0.25, 0.3) is 6.08 Å². The predicted molar refractivity (Wildman–Crippen MR) is 98.1 cm³/mol. The molecule has 0 aromatic heterocycles. The zero-order valence-corrected chi connectivity index (χ0v) is 14.3. The number of anilines is 1. The van der Waals surface area contributed by atoms with Gasteiger partial charge < -0.3 is 15.7 Å². The third kappa shape index (κ3) is 4.12. The van der Waals surface area contributed by atoms with Gasteiger partial charge >= 0.3 is 6.03 Å². The molecule has 0 saturated carbocycles. The standard InChI is InChI=1S/C18H14N4O6/c23-14-6-4-12(5-7-14)19-16(24)10-21-17(25)15(20-18(21)26)9-11-2-1-3-13(8-11)22(27)28/h1-9,23H,10H2,(H,19,24)(H,20,26)/b15-9-. The molecule has 0 atom stereocenters. The summed E-state index contributed by atoms with van der Waals surface area (Å²) in [5.74, 6) is -1.30. The summed E-state index contributed by atoms with van der Waals surface area (Å²) in [6.45, 7) is -0.516. The molecule has 0 unspecified atom stereocenters. The molecule has 3 rings (SSSR count). The van der Waals surface area contributed by atoms with Crippen molar-refractivity contribution in [2.75, 3.05) is 11.9 Å². The van der Waals surface area contributed by atoms with Crippen LogP contribution in [-0.4, -0.2) is 39.3 Å². The van der Waals surface area contributed by atoms with Crippen LogP contribution in [0.1, 0.15) is 5.56 Å². The van der Waals surface area contributed by atoms with Gasteiger partial charge in [0.2, 0.25) is 5.91 Å². The number of carbonyl (C=O) groups excluding carboxylic acids is 3. The second-order valence-corrected chi connectivity index (χ2v) is 5.83. The molecule has 4 amide bonds. The van der Waals surface area contributed by atoms with Gasteiger partial charge in [-0.15, -0.1) is 0 Å². The van der Waals surface area contributed by atoms with E-state index in [2.05, 4.69) is 10.6 Å². The van der Waals surface area contributed by atoms with Crippen LogP contribution < -0.4 is 10.6 Å². The number of phenolic OH excluding ortho intramolecular Hbond substituents is 1. The molecule has 0 spiro atoms. The van der Waals surface area contributed by atoms with Crippen molar-refractivity contribution in [3.05, 3.63) is 69.9 Å². The minimum absolute atomic E-state index is 0.0306. The van der Waals surface area contributed by atoms with Gasteiger partial charge in [0.25, 0.3) is 11.6 Å². The van der Waals surface area contributed by atoms with Gasteiger partial charge in [0.15, 0.2) is 0 Å². The largest absolute Gasteiger partial charge is 0.508 e. The average Bonchev–Trinajstić information content (AvgIpc) is 2.91. The van der Waals surface area contributed by atoms with Crippen LogP contribution in [0, 0.1) is 10.1 Å². The van der Waals surface area contributed by atoms with E-state index in [0.717, 1.165) is 4.90 Å². The summed E-state index contributed by atoms with van der Waals surface area (Å²) >= 11 is 0. The van der Waals surface area contributed by atoms with Gasteiger partial charge in [-0.05, 0) is 35.9 Å². The molecule has 2 aromatic carbocycles. The lowest BCUT2D eigenvalue weighted by molar-refractivity contribution is -0.384. The van der Waals surface area contributed by atoms with E-state index in [1.54, 1.807) is 6.07 Å². The zero-order valence-electron chi connectivity index (χ0n) is 14.3. The first-order valence-electron chi connectivity index (χ1n) is 8.01. The number of phenols is 1. The number of rotatable bonds is 5. The van der Waals surface area contributed by atoms with Crippen molar-refractivity contribution in [3.63, 3.8) is 0 Å². The molecule has 1 fully saturated rings. The Bertz CT molecular complexity index is 999. The summed E-state index contributed by atoms with van der Waals surface area (Å²) in [5.41, 5.74) is 0.495. The Balaban J connectivity index is 1.71. The topological polar surface area (TPSA) is 142 Å². The molecule has 1 aliphatic heterocycles. The Kier molecular flexibility index (Phi) is 5.03. The number of nitrogens with zero attached hydrogens (tertiary/aromatic N) is 2. The van der Waals surface area contributed by atoms with Gasteiger partial charge in [0, 0.05) is 17.8 Å². The molecule has 1 heterocycles. The number of carbonyl (C=O) groups is 3. The summed E-state index contributed by atoms with van der Waals surface area (Å²) in [7, 11) is 0. The Morgan fingerprint density at radius 3 is 2.61 bits per heavy atom. The van der Waals surface area contributed by atoms with Crippen LogP contribution in [-0.2, 0) is 9.59 Å². The first-order valence-corrected chi connectivity index (χ1v) is 8.01. The summed E-state index contributed by atoms with van der Waals surface area (Å²) in [6, 6.07) is 10.5. The van der Waals surface area contributed by atoms with Gasteiger partial charge in [0.05, 0.1) is 4.92 Å². The molecule has 2 aromatic rings. The van der Waals surface area contributed by atoms with E-state index in [1.165, 1.54) is 48.5 Å².